The van der Waals surface area contributed by atoms with Gasteiger partial charge in [-0.1, -0.05) is 41.5 Å². The van der Waals surface area contributed by atoms with E-state index >= 15 is 0 Å². The Morgan fingerprint density at radius 1 is 0.704 bits per heavy atom. The van der Waals surface area contributed by atoms with Crippen molar-refractivity contribution in [1.29, 1.82) is 0 Å². The molecular weight excluding hydrogens is 348 g/mol. The van der Waals surface area contributed by atoms with Crippen LogP contribution in [0.1, 0.15) is 67.2 Å². The predicted octanol–water partition coefficient (Wildman–Crippen LogP) is 4.07. The van der Waals surface area contributed by atoms with Crippen LogP contribution in [0.25, 0.3) is 0 Å². The van der Waals surface area contributed by atoms with Crippen LogP contribution in [-0.2, 0) is 28.6 Å². The van der Waals surface area contributed by atoms with Crippen LogP contribution in [0.2, 0.25) is 0 Å². The van der Waals surface area contributed by atoms with Crippen LogP contribution in [0.15, 0.2) is 11.6 Å². The summed E-state index contributed by atoms with van der Waals surface area (Å²) in [6.07, 6.45) is 2.90. The average molecular weight is 385 g/mol. The standard InChI is InChI=1S/C21H36O6/c1-15(2)7-10-25-19(22)13-18(21(24)27-12-9-17(5)6)14-20(23)26-11-8-16(3)4/h13,15-17H,7-12,14H2,1-6H3/b18-13+. The maximum atomic E-state index is 12.3. The zero-order chi connectivity index (χ0) is 20.8. The smallest absolute Gasteiger partial charge is 0.334 e. The van der Waals surface area contributed by atoms with Crippen LogP contribution in [0, 0.1) is 17.8 Å². The Kier molecular flexibility index (Phi) is 13.3. The molecule has 0 unspecified atom stereocenters. The van der Waals surface area contributed by atoms with Crippen LogP contribution in [0.4, 0.5) is 0 Å². The SMILES string of the molecule is CC(C)CCOC(=O)/C=C(\CC(=O)OCCC(C)C)C(=O)OCCC(C)C. The summed E-state index contributed by atoms with van der Waals surface area (Å²) in [5, 5.41) is 0. The fourth-order valence-corrected chi connectivity index (χ4v) is 1.86. The lowest BCUT2D eigenvalue weighted by Crippen LogP contribution is -2.17. The first-order chi connectivity index (χ1) is 12.6. The minimum atomic E-state index is -0.683. The van der Waals surface area contributed by atoms with Gasteiger partial charge in [-0.05, 0) is 37.0 Å². The molecule has 0 amide bonds. The van der Waals surface area contributed by atoms with Gasteiger partial charge in [0.1, 0.15) is 0 Å². The molecular formula is C21H36O6. The molecule has 0 N–H and O–H groups in total. The van der Waals surface area contributed by atoms with Gasteiger partial charge in [-0.15, -0.1) is 0 Å². The Morgan fingerprint density at radius 3 is 1.63 bits per heavy atom. The maximum Gasteiger partial charge on any atom is 0.334 e. The molecule has 0 radical (unpaired) electrons. The summed E-state index contributed by atoms with van der Waals surface area (Å²) in [7, 11) is 0. The van der Waals surface area contributed by atoms with E-state index in [0.29, 0.717) is 24.2 Å². The maximum absolute atomic E-state index is 12.3. The third-order valence-corrected chi connectivity index (χ3v) is 3.72. The van der Waals surface area contributed by atoms with Crippen LogP contribution >= 0.6 is 0 Å². The quantitative estimate of drug-likeness (QED) is 0.271. The van der Waals surface area contributed by atoms with Gasteiger partial charge in [-0.25, -0.2) is 9.59 Å². The molecule has 6 nitrogen and oxygen atoms in total. The van der Waals surface area contributed by atoms with Crippen LogP contribution < -0.4 is 0 Å². The zero-order valence-corrected chi connectivity index (χ0v) is 17.7. The monoisotopic (exact) mass is 384 g/mol. The number of carbonyl (C=O) groups excluding carboxylic acids is 3. The zero-order valence-electron chi connectivity index (χ0n) is 17.7. The Bertz CT molecular complexity index is 491. The number of ether oxygens (including phenoxy) is 3. The summed E-state index contributed by atoms with van der Waals surface area (Å²) < 4.78 is 15.4. The number of carbonyl (C=O) groups is 3. The minimum absolute atomic E-state index is 0.0390. The summed E-state index contributed by atoms with van der Waals surface area (Å²) in [5.41, 5.74) is -0.0390. The summed E-state index contributed by atoms with van der Waals surface area (Å²) in [6, 6.07) is 0. The van der Waals surface area contributed by atoms with E-state index in [1.54, 1.807) is 0 Å². The Balaban J connectivity index is 4.81. The van der Waals surface area contributed by atoms with Crippen molar-refractivity contribution in [2.24, 2.45) is 17.8 Å². The third-order valence-electron chi connectivity index (χ3n) is 3.72. The molecule has 0 aliphatic carbocycles. The van der Waals surface area contributed by atoms with E-state index in [0.717, 1.165) is 18.9 Å². The second-order valence-electron chi connectivity index (χ2n) is 7.92. The van der Waals surface area contributed by atoms with E-state index in [-0.39, 0.29) is 31.8 Å². The number of rotatable bonds is 13. The molecule has 0 spiro atoms. The van der Waals surface area contributed by atoms with E-state index in [4.69, 9.17) is 14.2 Å². The highest BCUT2D eigenvalue weighted by Gasteiger charge is 2.19. The molecule has 0 aliphatic heterocycles. The lowest BCUT2D eigenvalue weighted by atomic mass is 10.1. The first kappa shape index (κ1) is 25.1. The highest BCUT2D eigenvalue weighted by Crippen LogP contribution is 2.10. The van der Waals surface area contributed by atoms with Crippen molar-refractivity contribution in [1.82, 2.24) is 0 Å². The molecule has 6 heteroatoms. The Labute approximate surface area is 163 Å². The minimum Gasteiger partial charge on any atom is -0.465 e. The lowest BCUT2D eigenvalue weighted by molar-refractivity contribution is -0.147. The van der Waals surface area contributed by atoms with E-state index in [1.807, 2.05) is 41.5 Å². The molecule has 0 aliphatic rings. The van der Waals surface area contributed by atoms with E-state index in [1.165, 1.54) is 0 Å². The van der Waals surface area contributed by atoms with Crippen LogP contribution in [0.5, 0.6) is 0 Å². The molecule has 27 heavy (non-hydrogen) atoms. The van der Waals surface area contributed by atoms with Crippen molar-refractivity contribution in [3.63, 3.8) is 0 Å². The topological polar surface area (TPSA) is 78.9 Å². The highest BCUT2D eigenvalue weighted by molar-refractivity contribution is 5.99. The van der Waals surface area contributed by atoms with Gasteiger partial charge >= 0.3 is 17.9 Å². The van der Waals surface area contributed by atoms with Gasteiger partial charge in [-0.2, -0.15) is 0 Å². The highest BCUT2D eigenvalue weighted by atomic mass is 16.5. The summed E-state index contributed by atoms with van der Waals surface area (Å²) in [4.78, 5) is 36.2. The van der Waals surface area contributed by atoms with Gasteiger partial charge in [0.05, 0.1) is 31.8 Å². The van der Waals surface area contributed by atoms with Gasteiger partial charge in [0, 0.05) is 6.08 Å². The first-order valence-electron chi connectivity index (χ1n) is 9.81. The molecule has 0 saturated carbocycles. The van der Waals surface area contributed by atoms with Crippen molar-refractivity contribution in [2.75, 3.05) is 19.8 Å². The number of hydrogen-bond acceptors (Lipinski definition) is 6. The molecule has 0 rings (SSSR count). The van der Waals surface area contributed by atoms with E-state index < -0.39 is 17.9 Å². The van der Waals surface area contributed by atoms with Gasteiger partial charge < -0.3 is 14.2 Å². The van der Waals surface area contributed by atoms with Gasteiger partial charge in [0.2, 0.25) is 0 Å². The summed E-state index contributed by atoms with van der Waals surface area (Å²) in [5.74, 6) is -0.702. The van der Waals surface area contributed by atoms with Gasteiger partial charge in [-0.3, -0.25) is 4.79 Å². The average Bonchev–Trinajstić information content (AvgIpc) is 2.52. The normalized spacial score (nSPS) is 11.8. The Hall–Kier alpha value is -1.85. The van der Waals surface area contributed by atoms with Crippen molar-refractivity contribution in [2.45, 2.75) is 67.2 Å². The molecule has 0 aromatic carbocycles. The van der Waals surface area contributed by atoms with Gasteiger partial charge in [0.25, 0.3) is 0 Å². The van der Waals surface area contributed by atoms with E-state index in [9.17, 15) is 14.4 Å². The molecule has 0 aromatic heterocycles. The molecule has 0 atom stereocenters. The second kappa shape index (κ2) is 14.2. The van der Waals surface area contributed by atoms with E-state index in [2.05, 4.69) is 0 Å². The van der Waals surface area contributed by atoms with Crippen molar-refractivity contribution in [3.8, 4) is 0 Å². The fraction of sp³-hybridized carbons (Fsp3) is 0.762. The first-order valence-corrected chi connectivity index (χ1v) is 9.81. The van der Waals surface area contributed by atoms with Crippen molar-refractivity contribution >= 4 is 17.9 Å². The molecule has 0 bridgehead atoms. The molecule has 156 valence electrons. The summed E-state index contributed by atoms with van der Waals surface area (Å²) >= 11 is 0. The summed E-state index contributed by atoms with van der Waals surface area (Å²) in [6.45, 7) is 12.9. The largest absolute Gasteiger partial charge is 0.465 e. The fourth-order valence-electron chi connectivity index (χ4n) is 1.86. The lowest BCUT2D eigenvalue weighted by Gasteiger charge is -2.11. The molecule has 0 aromatic rings. The predicted molar refractivity (Wildman–Crippen MR) is 104 cm³/mol. The Morgan fingerprint density at radius 2 is 1.15 bits per heavy atom. The second-order valence-corrected chi connectivity index (χ2v) is 7.92. The van der Waals surface area contributed by atoms with Crippen molar-refractivity contribution < 1.29 is 28.6 Å². The third kappa shape index (κ3) is 15.0. The number of esters is 3. The number of hydrogen-bond donors (Lipinski definition) is 0. The molecule has 0 saturated heterocycles. The van der Waals surface area contributed by atoms with Crippen molar-refractivity contribution in [3.05, 3.63) is 11.6 Å². The molecule has 0 fully saturated rings. The van der Waals surface area contributed by atoms with Crippen LogP contribution in [-0.4, -0.2) is 37.7 Å². The van der Waals surface area contributed by atoms with Gasteiger partial charge in [0.15, 0.2) is 0 Å². The van der Waals surface area contributed by atoms with Crippen LogP contribution in [0.3, 0.4) is 0 Å². The molecule has 0 heterocycles.